The third kappa shape index (κ3) is 5.46. The molecule has 1 unspecified atom stereocenters. The molecule has 140 valence electrons. The fraction of sp³-hybridized carbons (Fsp3) is 0.211. The van der Waals surface area contributed by atoms with Crippen LogP contribution in [-0.2, 0) is 11.2 Å². The third-order valence-corrected chi connectivity index (χ3v) is 5.49. The number of aliphatic hydroxyl groups excluding tert-OH is 1. The van der Waals surface area contributed by atoms with E-state index in [1.54, 1.807) is 11.4 Å². The SMILES string of the molecule is Cc1ccc(C(O)CNC(=O)Cc2csc(NC(=O)c3cccs3)n2)cc1. The molecule has 3 rings (SSSR count). The quantitative estimate of drug-likeness (QED) is 0.567. The minimum Gasteiger partial charge on any atom is -0.387 e. The number of hydrogen-bond acceptors (Lipinski definition) is 6. The molecule has 0 saturated heterocycles. The van der Waals surface area contributed by atoms with Crippen LogP contribution >= 0.6 is 22.7 Å². The molecule has 27 heavy (non-hydrogen) atoms. The van der Waals surface area contributed by atoms with Crippen molar-refractivity contribution in [2.24, 2.45) is 0 Å². The summed E-state index contributed by atoms with van der Waals surface area (Å²) in [6.07, 6.45) is -0.669. The lowest BCUT2D eigenvalue weighted by Gasteiger charge is -2.12. The van der Waals surface area contributed by atoms with Gasteiger partial charge >= 0.3 is 0 Å². The highest BCUT2D eigenvalue weighted by Gasteiger charge is 2.13. The van der Waals surface area contributed by atoms with Crippen molar-refractivity contribution in [3.63, 3.8) is 0 Å². The molecule has 2 heterocycles. The number of nitrogens with zero attached hydrogens (tertiary/aromatic N) is 1. The maximum Gasteiger partial charge on any atom is 0.267 e. The van der Waals surface area contributed by atoms with Crippen molar-refractivity contribution >= 4 is 39.6 Å². The molecule has 0 aliphatic carbocycles. The van der Waals surface area contributed by atoms with Crippen LogP contribution in [0.5, 0.6) is 0 Å². The normalized spacial score (nSPS) is 11.8. The van der Waals surface area contributed by atoms with E-state index in [2.05, 4.69) is 15.6 Å². The topological polar surface area (TPSA) is 91.3 Å². The Labute approximate surface area is 164 Å². The molecule has 3 aromatic rings. The molecule has 0 radical (unpaired) electrons. The molecule has 6 nitrogen and oxygen atoms in total. The first-order valence-corrected chi connectivity index (χ1v) is 10.1. The molecule has 8 heteroatoms. The average Bonchev–Trinajstić information content (AvgIpc) is 3.32. The molecule has 0 saturated carbocycles. The zero-order valence-corrected chi connectivity index (χ0v) is 16.3. The Morgan fingerprint density at radius 1 is 1.19 bits per heavy atom. The molecule has 2 aromatic heterocycles. The van der Waals surface area contributed by atoms with Crippen LogP contribution in [0.1, 0.15) is 32.6 Å². The van der Waals surface area contributed by atoms with Gasteiger partial charge in [0.05, 0.1) is 23.1 Å². The standard InChI is InChI=1S/C19H19N3O3S2/c1-12-4-6-13(7-5-12)15(23)10-20-17(24)9-14-11-27-19(21-14)22-18(25)16-3-2-8-26-16/h2-8,11,15,23H,9-10H2,1H3,(H,20,24)(H,21,22,25). The smallest absolute Gasteiger partial charge is 0.267 e. The zero-order chi connectivity index (χ0) is 19.2. The molecule has 1 aromatic carbocycles. The van der Waals surface area contributed by atoms with Gasteiger partial charge in [-0.3, -0.25) is 14.9 Å². The first-order valence-electron chi connectivity index (χ1n) is 8.32. The summed E-state index contributed by atoms with van der Waals surface area (Å²) in [4.78, 5) is 28.9. The van der Waals surface area contributed by atoms with Crippen LogP contribution in [-0.4, -0.2) is 28.4 Å². The second-order valence-corrected chi connectivity index (χ2v) is 7.79. The zero-order valence-electron chi connectivity index (χ0n) is 14.6. The van der Waals surface area contributed by atoms with Gasteiger partial charge in [-0.1, -0.05) is 35.9 Å². The van der Waals surface area contributed by atoms with Gasteiger partial charge < -0.3 is 10.4 Å². The van der Waals surface area contributed by atoms with E-state index >= 15 is 0 Å². The summed E-state index contributed by atoms with van der Waals surface area (Å²) >= 11 is 2.62. The first kappa shape index (κ1) is 19.2. The lowest BCUT2D eigenvalue weighted by Crippen LogP contribution is -2.29. The highest BCUT2D eigenvalue weighted by molar-refractivity contribution is 7.14. The van der Waals surface area contributed by atoms with Crippen molar-refractivity contribution < 1.29 is 14.7 Å². The summed E-state index contributed by atoms with van der Waals surface area (Å²) in [5.41, 5.74) is 2.44. The van der Waals surface area contributed by atoms with Gasteiger partial charge in [-0.15, -0.1) is 22.7 Å². The summed E-state index contributed by atoms with van der Waals surface area (Å²) in [6.45, 7) is 2.11. The largest absolute Gasteiger partial charge is 0.387 e. The van der Waals surface area contributed by atoms with Crippen molar-refractivity contribution in [2.45, 2.75) is 19.4 Å². The molecule has 2 amide bonds. The van der Waals surface area contributed by atoms with Gasteiger partial charge in [-0.2, -0.15) is 0 Å². The summed E-state index contributed by atoms with van der Waals surface area (Å²) in [5, 5.41) is 19.6. The maximum atomic E-state index is 12.1. The molecule has 1 atom stereocenters. The minimum atomic E-state index is -0.759. The summed E-state index contributed by atoms with van der Waals surface area (Å²) in [5.74, 6) is -0.445. The van der Waals surface area contributed by atoms with Crippen molar-refractivity contribution in [1.29, 1.82) is 0 Å². The molecule has 0 bridgehead atoms. The van der Waals surface area contributed by atoms with E-state index in [0.29, 0.717) is 15.7 Å². The average molecular weight is 402 g/mol. The van der Waals surface area contributed by atoms with Crippen LogP contribution in [0.2, 0.25) is 0 Å². The minimum absolute atomic E-state index is 0.0893. The number of aliphatic hydroxyl groups is 1. The Bertz CT molecular complexity index is 905. The summed E-state index contributed by atoms with van der Waals surface area (Å²) in [6, 6.07) is 11.1. The van der Waals surface area contributed by atoms with Crippen molar-refractivity contribution in [3.05, 3.63) is 68.9 Å². The molecule has 0 spiro atoms. The number of anilines is 1. The van der Waals surface area contributed by atoms with E-state index in [9.17, 15) is 14.7 Å². The van der Waals surface area contributed by atoms with E-state index in [1.807, 2.05) is 42.6 Å². The Morgan fingerprint density at radius 2 is 1.96 bits per heavy atom. The number of thiophene rings is 1. The Hall–Kier alpha value is -2.55. The van der Waals surface area contributed by atoms with Crippen molar-refractivity contribution in [2.75, 3.05) is 11.9 Å². The Balaban J connectivity index is 1.47. The molecule has 3 N–H and O–H groups in total. The van der Waals surface area contributed by atoms with Gasteiger partial charge in [0.15, 0.2) is 5.13 Å². The van der Waals surface area contributed by atoms with Gasteiger partial charge in [0.1, 0.15) is 0 Å². The summed E-state index contributed by atoms with van der Waals surface area (Å²) in [7, 11) is 0. The lowest BCUT2D eigenvalue weighted by molar-refractivity contribution is -0.120. The number of aromatic nitrogens is 1. The first-order chi connectivity index (χ1) is 13.0. The van der Waals surface area contributed by atoms with E-state index < -0.39 is 6.10 Å². The summed E-state index contributed by atoms with van der Waals surface area (Å²) < 4.78 is 0. The fourth-order valence-corrected chi connectivity index (χ4v) is 3.68. The Kier molecular flexibility index (Phi) is 6.33. The third-order valence-electron chi connectivity index (χ3n) is 3.81. The number of nitrogens with one attached hydrogen (secondary N) is 2. The molecule has 0 aliphatic rings. The van der Waals surface area contributed by atoms with Crippen LogP contribution in [0.25, 0.3) is 0 Å². The predicted molar refractivity (Wildman–Crippen MR) is 107 cm³/mol. The number of carbonyl (C=O) groups is 2. The van der Waals surface area contributed by atoms with E-state index in [0.717, 1.165) is 11.1 Å². The molecular weight excluding hydrogens is 382 g/mol. The van der Waals surface area contributed by atoms with Gasteiger partial charge in [-0.25, -0.2) is 4.98 Å². The molecule has 0 fully saturated rings. The van der Waals surface area contributed by atoms with Crippen molar-refractivity contribution in [3.8, 4) is 0 Å². The van der Waals surface area contributed by atoms with Gasteiger partial charge in [0.2, 0.25) is 5.91 Å². The second-order valence-electron chi connectivity index (χ2n) is 5.98. The molecule has 0 aliphatic heterocycles. The number of amides is 2. The van der Waals surface area contributed by atoms with Gasteiger partial charge in [-0.05, 0) is 23.9 Å². The molecular formula is C19H19N3O3S2. The Morgan fingerprint density at radius 3 is 2.67 bits per heavy atom. The monoisotopic (exact) mass is 401 g/mol. The fourth-order valence-electron chi connectivity index (χ4n) is 2.36. The van der Waals surface area contributed by atoms with E-state index in [1.165, 1.54) is 22.7 Å². The van der Waals surface area contributed by atoms with E-state index in [4.69, 9.17) is 0 Å². The van der Waals surface area contributed by atoms with Gasteiger partial charge in [0, 0.05) is 11.9 Å². The van der Waals surface area contributed by atoms with Crippen LogP contribution in [0.15, 0.2) is 47.2 Å². The highest BCUT2D eigenvalue weighted by Crippen LogP contribution is 2.18. The van der Waals surface area contributed by atoms with Gasteiger partial charge in [0.25, 0.3) is 5.91 Å². The van der Waals surface area contributed by atoms with Crippen LogP contribution in [0.3, 0.4) is 0 Å². The second kappa shape index (κ2) is 8.90. The number of rotatable bonds is 7. The van der Waals surface area contributed by atoms with Crippen molar-refractivity contribution in [1.82, 2.24) is 10.3 Å². The number of aryl methyl sites for hydroxylation is 1. The maximum absolute atomic E-state index is 12.1. The number of benzene rings is 1. The number of thiazole rings is 1. The van der Waals surface area contributed by atoms with Crippen LogP contribution < -0.4 is 10.6 Å². The predicted octanol–water partition coefficient (Wildman–Crippen LogP) is 3.16. The lowest BCUT2D eigenvalue weighted by atomic mass is 10.1. The van der Waals surface area contributed by atoms with E-state index in [-0.39, 0.29) is 24.8 Å². The van der Waals surface area contributed by atoms with Crippen LogP contribution in [0, 0.1) is 6.92 Å². The number of carbonyl (C=O) groups excluding carboxylic acids is 2. The highest BCUT2D eigenvalue weighted by atomic mass is 32.1. The number of hydrogen-bond donors (Lipinski definition) is 3. The van der Waals surface area contributed by atoms with Crippen LogP contribution in [0.4, 0.5) is 5.13 Å².